The standard InChI is InChI=1S/C24H25NO5/c1-25-19-12-17(13-20(25)22-21(19)30-22)29-24(27)18(15-8-4-2-5-9-15)14-28-23(26)16-10-6-3-7-11-16/h2-11,17-22H,12-14H2,1H3. The monoisotopic (exact) mass is 407 g/mol. The first-order chi connectivity index (χ1) is 14.6. The molecular formula is C24H25NO5. The maximum absolute atomic E-state index is 13.1. The minimum atomic E-state index is -0.651. The number of piperidine rings is 1. The molecule has 0 amide bonds. The van der Waals surface area contributed by atoms with Crippen molar-refractivity contribution < 1.29 is 23.8 Å². The molecule has 6 nitrogen and oxygen atoms in total. The average Bonchev–Trinajstić information content (AvgIpc) is 3.53. The zero-order valence-corrected chi connectivity index (χ0v) is 16.8. The minimum Gasteiger partial charge on any atom is -0.462 e. The number of morpholine rings is 1. The van der Waals surface area contributed by atoms with Gasteiger partial charge in [-0.15, -0.1) is 0 Å². The van der Waals surface area contributed by atoms with Crippen LogP contribution in [0.5, 0.6) is 0 Å². The smallest absolute Gasteiger partial charge is 0.338 e. The molecule has 5 atom stereocenters. The van der Waals surface area contributed by atoms with Gasteiger partial charge in [0.2, 0.25) is 0 Å². The number of hydrogen-bond acceptors (Lipinski definition) is 6. The summed E-state index contributed by atoms with van der Waals surface area (Å²) >= 11 is 0. The molecule has 6 heteroatoms. The summed E-state index contributed by atoms with van der Waals surface area (Å²) in [6.07, 6.45) is 2.02. The van der Waals surface area contributed by atoms with E-state index in [0.717, 1.165) is 18.4 Å². The Morgan fingerprint density at radius 1 is 1.00 bits per heavy atom. The van der Waals surface area contributed by atoms with Crippen LogP contribution in [0.25, 0.3) is 0 Å². The number of ether oxygens (including phenoxy) is 3. The summed E-state index contributed by atoms with van der Waals surface area (Å²) in [6.45, 7) is -0.0512. The van der Waals surface area contributed by atoms with E-state index in [1.54, 1.807) is 24.3 Å². The highest BCUT2D eigenvalue weighted by Gasteiger charge is 2.62. The maximum atomic E-state index is 13.1. The molecule has 0 N–H and O–H groups in total. The van der Waals surface area contributed by atoms with Crippen molar-refractivity contribution in [2.45, 2.75) is 49.2 Å². The summed E-state index contributed by atoms with van der Waals surface area (Å²) in [7, 11) is 2.12. The lowest BCUT2D eigenvalue weighted by Crippen LogP contribution is -2.48. The second-order valence-corrected chi connectivity index (χ2v) is 8.32. The predicted octanol–water partition coefficient (Wildman–Crippen LogP) is 2.78. The molecule has 2 bridgehead atoms. The van der Waals surface area contributed by atoms with E-state index in [-0.39, 0.29) is 18.7 Å². The number of rotatable bonds is 6. The van der Waals surface area contributed by atoms with Crippen molar-refractivity contribution in [3.8, 4) is 0 Å². The number of fused-ring (bicyclic) bond motifs is 5. The number of benzene rings is 2. The first kappa shape index (κ1) is 19.3. The second-order valence-electron chi connectivity index (χ2n) is 8.32. The average molecular weight is 407 g/mol. The van der Waals surface area contributed by atoms with Gasteiger partial charge < -0.3 is 14.2 Å². The number of likely N-dealkylation sites (N-methyl/N-ethyl adjacent to an activating group) is 1. The lowest BCUT2D eigenvalue weighted by molar-refractivity contribution is -0.156. The van der Waals surface area contributed by atoms with Gasteiger partial charge in [-0.05, 0) is 24.7 Å². The van der Waals surface area contributed by atoms with Crippen LogP contribution >= 0.6 is 0 Å². The van der Waals surface area contributed by atoms with E-state index in [2.05, 4.69) is 11.9 Å². The Kier molecular flexibility index (Phi) is 5.05. The van der Waals surface area contributed by atoms with Gasteiger partial charge in [-0.3, -0.25) is 9.69 Å². The van der Waals surface area contributed by atoms with E-state index >= 15 is 0 Å². The molecule has 3 aliphatic rings. The molecule has 156 valence electrons. The first-order valence-corrected chi connectivity index (χ1v) is 10.5. The minimum absolute atomic E-state index is 0.0512. The van der Waals surface area contributed by atoms with Crippen LogP contribution in [0.2, 0.25) is 0 Å². The Balaban J connectivity index is 1.26. The van der Waals surface area contributed by atoms with Crippen molar-refractivity contribution >= 4 is 11.9 Å². The van der Waals surface area contributed by atoms with Crippen LogP contribution in [0, 0.1) is 0 Å². The molecule has 3 fully saturated rings. The van der Waals surface area contributed by atoms with Gasteiger partial charge in [-0.2, -0.15) is 0 Å². The molecule has 3 heterocycles. The van der Waals surface area contributed by atoms with E-state index in [9.17, 15) is 9.59 Å². The van der Waals surface area contributed by atoms with Gasteiger partial charge in [-0.25, -0.2) is 4.79 Å². The van der Waals surface area contributed by atoms with Gasteiger partial charge in [0, 0.05) is 24.9 Å². The fraction of sp³-hybridized carbons (Fsp3) is 0.417. The third kappa shape index (κ3) is 3.61. The Morgan fingerprint density at radius 2 is 1.60 bits per heavy atom. The van der Waals surface area contributed by atoms with Gasteiger partial charge in [-0.1, -0.05) is 48.5 Å². The number of carbonyl (C=O) groups excluding carboxylic acids is 2. The highest BCUT2D eigenvalue weighted by molar-refractivity contribution is 5.89. The summed E-state index contributed by atoms with van der Waals surface area (Å²) in [5.74, 6) is -1.44. The van der Waals surface area contributed by atoms with Gasteiger partial charge in [0.15, 0.2) is 0 Å². The number of carbonyl (C=O) groups is 2. The van der Waals surface area contributed by atoms with Crippen LogP contribution in [0.15, 0.2) is 60.7 Å². The Bertz CT molecular complexity index is 900. The Labute approximate surface area is 175 Å². The summed E-state index contributed by atoms with van der Waals surface area (Å²) in [5.41, 5.74) is 1.24. The number of nitrogens with zero attached hydrogens (tertiary/aromatic N) is 1. The number of hydrogen-bond donors (Lipinski definition) is 0. The van der Waals surface area contributed by atoms with Crippen molar-refractivity contribution in [3.05, 3.63) is 71.8 Å². The fourth-order valence-electron chi connectivity index (χ4n) is 4.85. The van der Waals surface area contributed by atoms with Gasteiger partial charge in [0.25, 0.3) is 0 Å². The van der Waals surface area contributed by atoms with Crippen molar-refractivity contribution in [2.24, 2.45) is 0 Å². The van der Waals surface area contributed by atoms with Crippen LogP contribution < -0.4 is 0 Å². The van der Waals surface area contributed by atoms with Gasteiger partial charge in [0.05, 0.1) is 5.56 Å². The molecule has 0 aromatic heterocycles. The largest absolute Gasteiger partial charge is 0.462 e. The van der Waals surface area contributed by atoms with E-state index in [1.165, 1.54) is 0 Å². The zero-order chi connectivity index (χ0) is 20.7. The molecule has 2 aromatic rings. The molecule has 5 unspecified atom stereocenters. The van der Waals surface area contributed by atoms with Gasteiger partial charge in [0.1, 0.15) is 30.8 Å². The van der Waals surface area contributed by atoms with Crippen LogP contribution in [0.4, 0.5) is 0 Å². The zero-order valence-electron chi connectivity index (χ0n) is 16.8. The van der Waals surface area contributed by atoms with Crippen LogP contribution in [0.3, 0.4) is 0 Å². The molecule has 30 heavy (non-hydrogen) atoms. The molecule has 0 saturated carbocycles. The fourth-order valence-corrected chi connectivity index (χ4v) is 4.85. The van der Waals surface area contributed by atoms with E-state index in [4.69, 9.17) is 14.2 Å². The molecular weight excluding hydrogens is 382 g/mol. The maximum Gasteiger partial charge on any atom is 0.338 e. The number of epoxide rings is 1. The van der Waals surface area contributed by atoms with Crippen molar-refractivity contribution in [1.82, 2.24) is 4.90 Å². The highest BCUT2D eigenvalue weighted by atomic mass is 16.6. The summed E-state index contributed by atoms with van der Waals surface area (Å²) in [6, 6.07) is 18.8. The SMILES string of the molecule is CN1C2CC(OC(=O)C(COC(=O)c3ccccc3)c3ccccc3)CC1C1OC12. The van der Waals surface area contributed by atoms with E-state index < -0.39 is 11.9 Å². The number of esters is 2. The predicted molar refractivity (Wildman–Crippen MR) is 109 cm³/mol. The quantitative estimate of drug-likeness (QED) is 0.542. The molecule has 5 rings (SSSR count). The van der Waals surface area contributed by atoms with Crippen LogP contribution in [0.1, 0.15) is 34.7 Å². The molecule has 0 radical (unpaired) electrons. The Hall–Kier alpha value is -2.70. The van der Waals surface area contributed by atoms with Crippen LogP contribution in [-0.4, -0.2) is 60.9 Å². The highest BCUT2D eigenvalue weighted by Crippen LogP contribution is 2.48. The molecule has 0 spiro atoms. The summed E-state index contributed by atoms with van der Waals surface area (Å²) in [5, 5.41) is 0. The van der Waals surface area contributed by atoms with E-state index in [1.807, 2.05) is 36.4 Å². The van der Waals surface area contributed by atoms with Crippen molar-refractivity contribution in [1.29, 1.82) is 0 Å². The molecule has 2 aromatic carbocycles. The molecule has 3 saturated heterocycles. The van der Waals surface area contributed by atoms with Crippen molar-refractivity contribution in [2.75, 3.05) is 13.7 Å². The summed E-state index contributed by atoms with van der Waals surface area (Å²) < 4.78 is 17.1. The third-order valence-electron chi connectivity index (χ3n) is 6.53. The van der Waals surface area contributed by atoms with Crippen LogP contribution in [-0.2, 0) is 19.0 Å². The molecule has 0 aliphatic carbocycles. The lowest BCUT2D eigenvalue weighted by Gasteiger charge is -2.38. The normalized spacial score (nSPS) is 30.2. The van der Waals surface area contributed by atoms with Gasteiger partial charge >= 0.3 is 11.9 Å². The third-order valence-corrected chi connectivity index (χ3v) is 6.53. The van der Waals surface area contributed by atoms with Crippen molar-refractivity contribution in [3.63, 3.8) is 0 Å². The molecule has 3 aliphatic heterocycles. The Morgan fingerprint density at radius 3 is 2.23 bits per heavy atom. The lowest BCUT2D eigenvalue weighted by atomic mass is 9.97. The topological polar surface area (TPSA) is 68.4 Å². The first-order valence-electron chi connectivity index (χ1n) is 10.5. The summed E-state index contributed by atoms with van der Waals surface area (Å²) in [4.78, 5) is 27.8. The second kappa shape index (κ2) is 7.85. The van der Waals surface area contributed by atoms with E-state index in [0.29, 0.717) is 29.9 Å².